The molecule has 0 aliphatic rings. The highest BCUT2D eigenvalue weighted by atomic mass is 79.9. The van der Waals surface area contributed by atoms with Crippen molar-refractivity contribution in [1.82, 2.24) is 9.19 Å². The highest BCUT2D eigenvalue weighted by Gasteiger charge is 2.09. The molecular formula is C7H3BrClFN2S. The molecule has 2 nitrogen and oxygen atoms in total. The lowest BCUT2D eigenvalue weighted by molar-refractivity contribution is 0.888. The number of fused-ring (bicyclic) bond motifs is 1. The third-order valence-electron chi connectivity index (χ3n) is 1.66. The summed E-state index contributed by atoms with van der Waals surface area (Å²) < 4.78 is 14.3. The van der Waals surface area contributed by atoms with Crippen molar-refractivity contribution in [1.29, 1.82) is 0 Å². The van der Waals surface area contributed by atoms with Crippen LogP contribution in [0.2, 0.25) is 5.02 Å². The largest absolute Gasteiger partial charge is 0.188 e. The molecule has 0 aliphatic carbocycles. The normalized spacial score (nSPS) is 11.0. The number of benzene rings is 1. The third-order valence-corrected chi connectivity index (χ3v) is 3.07. The highest BCUT2D eigenvalue weighted by Crippen LogP contribution is 2.31. The van der Waals surface area contributed by atoms with E-state index in [1.54, 1.807) is 18.3 Å². The van der Waals surface area contributed by atoms with Gasteiger partial charge in [0.25, 0.3) is 0 Å². The second-order valence-electron chi connectivity index (χ2n) is 2.38. The number of hydrogen-bond acceptors (Lipinski definition) is 2. The summed E-state index contributed by atoms with van der Waals surface area (Å²) >= 11 is 9.25. The van der Waals surface area contributed by atoms with Gasteiger partial charge in [0.15, 0.2) is 12.3 Å². The van der Waals surface area contributed by atoms with Crippen molar-refractivity contribution in [2.24, 2.45) is 0 Å². The van der Waals surface area contributed by atoms with Gasteiger partial charge in [-0.2, -0.15) is 9.19 Å². The topological polar surface area (TPSA) is 17.8 Å². The quantitative estimate of drug-likeness (QED) is 0.790. The molecule has 0 saturated carbocycles. The zero-order valence-corrected chi connectivity index (χ0v) is 9.33. The number of aromatic nitrogens is 2. The second-order valence-corrected chi connectivity index (χ2v) is 4.12. The predicted molar refractivity (Wildman–Crippen MR) is 56.5 cm³/mol. The van der Waals surface area contributed by atoms with Crippen LogP contribution in [0.1, 0.15) is 0 Å². The Labute approximate surface area is 91.6 Å². The molecule has 0 atom stereocenters. The lowest BCUT2D eigenvalue weighted by atomic mass is 10.3. The molecule has 0 spiro atoms. The van der Waals surface area contributed by atoms with Crippen LogP contribution in [0.4, 0.5) is 3.89 Å². The molecule has 1 aromatic carbocycles. The average Bonchev–Trinajstić information content (AvgIpc) is 2.56. The van der Waals surface area contributed by atoms with Gasteiger partial charge in [-0.25, -0.2) is 0 Å². The van der Waals surface area contributed by atoms with E-state index >= 15 is 0 Å². The first-order valence-electron chi connectivity index (χ1n) is 3.35. The van der Waals surface area contributed by atoms with Crippen LogP contribution in [0.5, 0.6) is 0 Å². The average molecular weight is 282 g/mol. The van der Waals surface area contributed by atoms with Crippen molar-refractivity contribution in [3.63, 3.8) is 0 Å². The molecule has 13 heavy (non-hydrogen) atoms. The third kappa shape index (κ3) is 1.45. The van der Waals surface area contributed by atoms with E-state index in [9.17, 15) is 3.89 Å². The van der Waals surface area contributed by atoms with Gasteiger partial charge in [0.05, 0.1) is 11.2 Å². The van der Waals surface area contributed by atoms with E-state index < -0.39 is 0 Å². The zero-order valence-electron chi connectivity index (χ0n) is 6.17. The van der Waals surface area contributed by atoms with E-state index in [-0.39, 0.29) is 12.3 Å². The van der Waals surface area contributed by atoms with Gasteiger partial charge in [-0.3, -0.25) is 0 Å². The molecule has 6 heteroatoms. The fourth-order valence-electron chi connectivity index (χ4n) is 1.09. The van der Waals surface area contributed by atoms with Gasteiger partial charge in [-0.1, -0.05) is 27.5 Å². The van der Waals surface area contributed by atoms with Crippen molar-refractivity contribution in [2.45, 2.75) is 0 Å². The standard InChI is InChI=1S/C7H3BrClFN2S/c8-5-1-2-6(9)7-4(5)3-11-12(7)13-10/h1-3H. The van der Waals surface area contributed by atoms with Crippen molar-refractivity contribution in [2.75, 3.05) is 0 Å². The molecule has 0 aliphatic heterocycles. The van der Waals surface area contributed by atoms with Crippen LogP contribution in [0, 0.1) is 0 Å². The number of nitrogens with zero attached hydrogens (tertiary/aromatic N) is 2. The Kier molecular flexibility index (Phi) is 2.49. The number of halogens is 3. The molecule has 2 rings (SSSR count). The summed E-state index contributed by atoms with van der Waals surface area (Å²) in [5.41, 5.74) is 0.587. The molecule has 68 valence electrons. The lowest BCUT2D eigenvalue weighted by Crippen LogP contribution is -1.85. The van der Waals surface area contributed by atoms with Crippen LogP contribution >= 0.6 is 39.9 Å². The maximum absolute atomic E-state index is 12.3. The van der Waals surface area contributed by atoms with Crippen molar-refractivity contribution in [3.8, 4) is 0 Å². The Morgan fingerprint density at radius 2 is 2.31 bits per heavy atom. The first kappa shape index (κ1) is 9.30. The smallest absolute Gasteiger partial charge is 0.175 e. The van der Waals surface area contributed by atoms with Gasteiger partial charge in [0.1, 0.15) is 5.52 Å². The van der Waals surface area contributed by atoms with E-state index in [2.05, 4.69) is 21.0 Å². The minimum absolute atomic E-state index is 0.0281. The van der Waals surface area contributed by atoms with Gasteiger partial charge in [-0.05, 0) is 12.1 Å². The fourth-order valence-corrected chi connectivity index (χ4v) is 2.16. The summed E-state index contributed by atoms with van der Waals surface area (Å²) in [4.78, 5) is 0. The van der Waals surface area contributed by atoms with Crippen molar-refractivity contribution >= 4 is 50.8 Å². The first-order valence-corrected chi connectivity index (χ1v) is 5.19. The van der Waals surface area contributed by atoms with E-state index in [1.807, 2.05) is 0 Å². The Hall–Kier alpha value is -0.260. The molecule has 0 N–H and O–H groups in total. The predicted octanol–water partition coefficient (Wildman–Crippen LogP) is 3.83. The molecule has 1 aromatic heterocycles. The van der Waals surface area contributed by atoms with E-state index in [4.69, 9.17) is 11.6 Å². The van der Waals surface area contributed by atoms with Gasteiger partial charge in [-0.15, -0.1) is 3.89 Å². The number of rotatable bonds is 1. The molecule has 0 radical (unpaired) electrons. The first-order chi connectivity index (χ1) is 6.24. The van der Waals surface area contributed by atoms with Gasteiger partial charge in [0, 0.05) is 9.86 Å². The minimum Gasteiger partial charge on any atom is -0.175 e. The molecule has 0 unspecified atom stereocenters. The van der Waals surface area contributed by atoms with Crippen LogP contribution in [0.3, 0.4) is 0 Å². The number of hydrogen-bond donors (Lipinski definition) is 0. The van der Waals surface area contributed by atoms with Crippen LogP contribution in [0.15, 0.2) is 22.8 Å². The summed E-state index contributed by atoms with van der Waals surface area (Å²) in [5, 5.41) is 5.12. The Morgan fingerprint density at radius 1 is 1.54 bits per heavy atom. The zero-order chi connectivity index (χ0) is 9.42. The monoisotopic (exact) mass is 280 g/mol. The van der Waals surface area contributed by atoms with Gasteiger partial charge < -0.3 is 0 Å². The molecular weight excluding hydrogens is 279 g/mol. The molecule has 1 heterocycles. The van der Waals surface area contributed by atoms with Crippen molar-refractivity contribution in [3.05, 3.63) is 27.8 Å². The summed E-state index contributed by atoms with van der Waals surface area (Å²) in [6.45, 7) is 0. The second kappa shape index (κ2) is 3.48. The SMILES string of the molecule is FSn1ncc2c(Br)ccc(Cl)c21. The summed E-state index contributed by atoms with van der Waals surface area (Å²) in [6.07, 6.45) is 1.57. The van der Waals surface area contributed by atoms with E-state index in [1.165, 1.54) is 0 Å². The maximum atomic E-state index is 12.3. The molecule has 0 bridgehead atoms. The van der Waals surface area contributed by atoms with Crippen LogP contribution in [0.25, 0.3) is 10.9 Å². The van der Waals surface area contributed by atoms with E-state index in [0.29, 0.717) is 10.5 Å². The van der Waals surface area contributed by atoms with E-state index in [0.717, 1.165) is 13.9 Å². The van der Waals surface area contributed by atoms with Crippen LogP contribution in [-0.2, 0) is 0 Å². The molecule has 0 saturated heterocycles. The Morgan fingerprint density at radius 3 is 3.00 bits per heavy atom. The lowest BCUT2D eigenvalue weighted by Gasteiger charge is -1.98. The molecule has 2 aromatic rings. The fraction of sp³-hybridized carbons (Fsp3) is 0. The molecule has 0 amide bonds. The van der Waals surface area contributed by atoms with Gasteiger partial charge >= 0.3 is 0 Å². The maximum Gasteiger partial charge on any atom is 0.188 e. The molecule has 0 fully saturated rings. The Bertz CT molecular complexity index is 459. The van der Waals surface area contributed by atoms with Gasteiger partial charge in [0.2, 0.25) is 0 Å². The van der Waals surface area contributed by atoms with Crippen LogP contribution < -0.4 is 0 Å². The Balaban J connectivity index is 2.87. The summed E-state index contributed by atoms with van der Waals surface area (Å²) in [6, 6.07) is 3.50. The van der Waals surface area contributed by atoms with Crippen LogP contribution in [-0.4, -0.2) is 9.19 Å². The minimum atomic E-state index is 0.0281. The summed E-state index contributed by atoms with van der Waals surface area (Å²) in [5.74, 6) is 0. The van der Waals surface area contributed by atoms with Crippen molar-refractivity contribution < 1.29 is 3.89 Å². The highest BCUT2D eigenvalue weighted by molar-refractivity contribution is 9.10. The summed E-state index contributed by atoms with van der Waals surface area (Å²) in [7, 11) is 0.